The van der Waals surface area contributed by atoms with Gasteiger partial charge in [-0.15, -0.1) is 0 Å². The zero-order valence-corrected chi connectivity index (χ0v) is 14.1. The summed E-state index contributed by atoms with van der Waals surface area (Å²) in [5, 5.41) is 0. The second-order valence-electron chi connectivity index (χ2n) is 6.49. The van der Waals surface area contributed by atoms with Crippen LogP contribution in [0.15, 0.2) is 42.6 Å². The van der Waals surface area contributed by atoms with E-state index < -0.39 is 0 Å². The fourth-order valence-corrected chi connectivity index (χ4v) is 3.17. The third-order valence-electron chi connectivity index (χ3n) is 4.29. The number of carbonyl (C=O) groups is 1. The molecule has 1 aromatic heterocycles. The van der Waals surface area contributed by atoms with Gasteiger partial charge < -0.3 is 9.80 Å². The second-order valence-corrected chi connectivity index (χ2v) is 6.49. The van der Waals surface area contributed by atoms with Crippen LogP contribution in [0, 0.1) is 5.82 Å². The number of pyridine rings is 1. The predicted octanol–water partition coefficient (Wildman–Crippen LogP) is 3.26. The van der Waals surface area contributed by atoms with E-state index in [1.807, 2.05) is 31.3 Å². The van der Waals surface area contributed by atoms with Crippen molar-refractivity contribution in [3.05, 3.63) is 65.2 Å². The largest absolute Gasteiger partial charge is 0.330 e. The summed E-state index contributed by atoms with van der Waals surface area (Å²) in [5.74, 6) is -0.390. The molecule has 1 aliphatic heterocycles. The number of rotatable bonds is 4. The van der Waals surface area contributed by atoms with Crippen molar-refractivity contribution in [2.24, 2.45) is 0 Å². The quantitative estimate of drug-likeness (QED) is 0.865. The van der Waals surface area contributed by atoms with Gasteiger partial charge in [0.25, 0.3) is 5.91 Å². The fraction of sp³-hybridized carbons (Fsp3) is 0.368. The lowest BCUT2D eigenvalue weighted by Gasteiger charge is -2.24. The number of nitrogens with zero attached hydrogens (tertiary/aromatic N) is 3. The minimum Gasteiger partial charge on any atom is -0.330 e. The molecule has 126 valence electrons. The molecule has 0 saturated carbocycles. The highest BCUT2D eigenvalue weighted by molar-refractivity contribution is 5.94. The van der Waals surface area contributed by atoms with Crippen LogP contribution in [-0.2, 0) is 6.54 Å². The van der Waals surface area contributed by atoms with E-state index in [1.54, 1.807) is 12.1 Å². The molecule has 0 N–H and O–H groups in total. The van der Waals surface area contributed by atoms with Crippen LogP contribution < -0.4 is 0 Å². The van der Waals surface area contributed by atoms with E-state index in [2.05, 4.69) is 16.0 Å². The van der Waals surface area contributed by atoms with E-state index in [1.165, 1.54) is 12.1 Å². The van der Waals surface area contributed by atoms with Crippen LogP contribution in [-0.4, -0.2) is 41.3 Å². The second kappa shape index (κ2) is 7.09. The zero-order valence-electron chi connectivity index (χ0n) is 14.1. The summed E-state index contributed by atoms with van der Waals surface area (Å²) in [6.07, 6.45) is 3.75. The van der Waals surface area contributed by atoms with Crippen molar-refractivity contribution in [1.82, 2.24) is 14.8 Å². The number of likely N-dealkylation sites (tertiary alicyclic amines) is 1. The van der Waals surface area contributed by atoms with Crippen molar-refractivity contribution in [3.63, 3.8) is 0 Å². The summed E-state index contributed by atoms with van der Waals surface area (Å²) in [6, 6.07) is 9.82. The van der Waals surface area contributed by atoms with E-state index >= 15 is 0 Å². The maximum absolute atomic E-state index is 13.1. The van der Waals surface area contributed by atoms with Crippen molar-refractivity contribution < 1.29 is 9.18 Å². The molecular weight excluding hydrogens is 305 g/mol. The molecule has 2 heterocycles. The first kappa shape index (κ1) is 16.6. The molecule has 0 aliphatic carbocycles. The Labute approximate surface area is 141 Å². The van der Waals surface area contributed by atoms with Gasteiger partial charge in [0.2, 0.25) is 0 Å². The average Bonchev–Trinajstić information content (AvgIpc) is 3.04. The topological polar surface area (TPSA) is 36.4 Å². The van der Waals surface area contributed by atoms with E-state index in [9.17, 15) is 9.18 Å². The molecule has 4 nitrogen and oxygen atoms in total. The summed E-state index contributed by atoms with van der Waals surface area (Å²) >= 11 is 0. The highest BCUT2D eigenvalue weighted by Gasteiger charge is 2.31. The average molecular weight is 327 g/mol. The zero-order chi connectivity index (χ0) is 17.1. The predicted molar refractivity (Wildman–Crippen MR) is 91.0 cm³/mol. The molecule has 1 amide bonds. The highest BCUT2D eigenvalue weighted by atomic mass is 19.1. The summed E-state index contributed by atoms with van der Waals surface area (Å²) in [7, 11) is 4.04. The van der Waals surface area contributed by atoms with Gasteiger partial charge >= 0.3 is 0 Å². The molecule has 0 bridgehead atoms. The Morgan fingerprint density at radius 2 is 2.00 bits per heavy atom. The minimum atomic E-state index is -0.331. The molecule has 1 saturated heterocycles. The van der Waals surface area contributed by atoms with Crippen LogP contribution in [0.4, 0.5) is 4.39 Å². The van der Waals surface area contributed by atoms with E-state index in [0.29, 0.717) is 12.1 Å². The van der Waals surface area contributed by atoms with Crippen LogP contribution >= 0.6 is 0 Å². The van der Waals surface area contributed by atoms with E-state index in [-0.39, 0.29) is 17.8 Å². The molecule has 1 unspecified atom stereocenters. The molecule has 1 atom stereocenters. The number of benzene rings is 1. The number of hydrogen-bond acceptors (Lipinski definition) is 3. The van der Waals surface area contributed by atoms with Gasteiger partial charge in [-0.05, 0) is 62.8 Å². The number of halogens is 1. The van der Waals surface area contributed by atoms with Crippen LogP contribution in [0.2, 0.25) is 0 Å². The Balaban J connectivity index is 1.77. The Bertz CT molecular complexity index is 698. The molecule has 1 aromatic carbocycles. The first-order valence-corrected chi connectivity index (χ1v) is 8.20. The molecule has 24 heavy (non-hydrogen) atoms. The molecule has 0 spiro atoms. The number of aromatic nitrogens is 1. The molecule has 1 fully saturated rings. The number of carbonyl (C=O) groups excluding carboxylic acids is 1. The molecule has 3 rings (SSSR count). The van der Waals surface area contributed by atoms with Gasteiger partial charge in [-0.25, -0.2) is 4.39 Å². The van der Waals surface area contributed by atoms with E-state index in [0.717, 1.165) is 30.6 Å². The maximum atomic E-state index is 13.1. The lowest BCUT2D eigenvalue weighted by molar-refractivity contribution is 0.0733. The highest BCUT2D eigenvalue weighted by Crippen LogP contribution is 2.32. The Hall–Kier alpha value is -2.27. The Morgan fingerprint density at radius 3 is 2.62 bits per heavy atom. The summed E-state index contributed by atoms with van der Waals surface area (Å²) in [6.45, 7) is 1.55. The normalized spacial score (nSPS) is 17.5. The minimum absolute atomic E-state index is 0.00374. The third-order valence-corrected chi connectivity index (χ3v) is 4.29. The van der Waals surface area contributed by atoms with Gasteiger partial charge in [0.1, 0.15) is 5.82 Å². The maximum Gasteiger partial charge on any atom is 0.254 e. The van der Waals surface area contributed by atoms with Gasteiger partial charge in [0.15, 0.2) is 0 Å². The Morgan fingerprint density at radius 1 is 1.25 bits per heavy atom. The summed E-state index contributed by atoms with van der Waals surface area (Å²) < 4.78 is 13.1. The smallest absolute Gasteiger partial charge is 0.254 e. The molecule has 5 heteroatoms. The number of amides is 1. The lowest BCUT2D eigenvalue weighted by Crippen LogP contribution is -2.31. The lowest BCUT2D eigenvalue weighted by atomic mass is 10.1. The van der Waals surface area contributed by atoms with Crippen molar-refractivity contribution >= 4 is 5.91 Å². The van der Waals surface area contributed by atoms with Gasteiger partial charge in [-0.2, -0.15) is 0 Å². The van der Waals surface area contributed by atoms with E-state index in [4.69, 9.17) is 0 Å². The summed E-state index contributed by atoms with van der Waals surface area (Å²) in [4.78, 5) is 21.2. The van der Waals surface area contributed by atoms with Crippen LogP contribution in [0.3, 0.4) is 0 Å². The van der Waals surface area contributed by atoms with Crippen molar-refractivity contribution in [1.29, 1.82) is 0 Å². The SMILES string of the molecule is CN(C)Cc1ccc(C2CCCN2C(=O)c2ccc(F)cc2)nc1. The molecule has 1 aliphatic rings. The first-order chi connectivity index (χ1) is 11.5. The van der Waals surface area contributed by atoms with Gasteiger partial charge in [-0.3, -0.25) is 9.78 Å². The van der Waals surface area contributed by atoms with Crippen molar-refractivity contribution in [2.75, 3.05) is 20.6 Å². The van der Waals surface area contributed by atoms with Gasteiger partial charge in [0.05, 0.1) is 11.7 Å². The Kier molecular flexibility index (Phi) is 4.90. The van der Waals surface area contributed by atoms with Crippen LogP contribution in [0.25, 0.3) is 0 Å². The van der Waals surface area contributed by atoms with Crippen molar-refractivity contribution in [2.45, 2.75) is 25.4 Å². The van der Waals surface area contributed by atoms with Crippen LogP contribution in [0.5, 0.6) is 0 Å². The van der Waals surface area contributed by atoms with Gasteiger partial charge in [-0.1, -0.05) is 6.07 Å². The molecule has 2 aromatic rings. The standard InChI is InChI=1S/C19H22FN3O/c1-22(2)13-14-5-10-17(21-12-14)18-4-3-11-23(18)19(24)15-6-8-16(20)9-7-15/h5-10,12,18H,3-4,11,13H2,1-2H3. The third kappa shape index (κ3) is 3.62. The molecular formula is C19H22FN3O. The monoisotopic (exact) mass is 327 g/mol. The first-order valence-electron chi connectivity index (χ1n) is 8.20. The fourth-order valence-electron chi connectivity index (χ4n) is 3.17. The van der Waals surface area contributed by atoms with Gasteiger partial charge in [0, 0.05) is 24.8 Å². The summed E-state index contributed by atoms with van der Waals surface area (Å²) in [5.41, 5.74) is 2.59. The number of hydrogen-bond donors (Lipinski definition) is 0. The van der Waals surface area contributed by atoms with Crippen molar-refractivity contribution in [3.8, 4) is 0 Å². The molecule has 0 radical (unpaired) electrons. The van der Waals surface area contributed by atoms with Crippen LogP contribution in [0.1, 0.15) is 40.5 Å².